The van der Waals surface area contributed by atoms with Gasteiger partial charge in [0.25, 0.3) is 4.84 Å². The molecule has 0 spiro atoms. The highest BCUT2D eigenvalue weighted by Gasteiger charge is 2.11. The molecule has 4 nitrogen and oxygen atoms in total. The number of aryl methyl sites for hydroxylation is 1. The summed E-state index contributed by atoms with van der Waals surface area (Å²) in [5.74, 6) is 0. The highest BCUT2D eigenvalue weighted by atomic mass is 32.1. The second-order valence-corrected chi connectivity index (χ2v) is 4.00. The number of oxazole rings is 1. The van der Waals surface area contributed by atoms with Crippen molar-refractivity contribution < 1.29 is 4.42 Å². The summed E-state index contributed by atoms with van der Waals surface area (Å²) in [4.78, 5) is 8.71. The van der Waals surface area contributed by atoms with Gasteiger partial charge in [-0.1, -0.05) is 18.2 Å². The summed E-state index contributed by atoms with van der Waals surface area (Å²) in [6, 6.07) is 9.77. The molecule has 0 N–H and O–H groups in total. The summed E-state index contributed by atoms with van der Waals surface area (Å²) in [6.45, 7) is 1.87. The molecule has 0 unspecified atom stereocenters. The van der Waals surface area contributed by atoms with Crippen molar-refractivity contribution in [2.24, 2.45) is 0 Å². The predicted octanol–water partition coefficient (Wildman–Crippen LogP) is 3.05. The Labute approximate surface area is 103 Å². The summed E-state index contributed by atoms with van der Waals surface area (Å²) in [5, 5.41) is 0. The van der Waals surface area contributed by atoms with Gasteiger partial charge in [-0.25, -0.2) is 9.97 Å². The van der Waals surface area contributed by atoms with Gasteiger partial charge in [0, 0.05) is 0 Å². The van der Waals surface area contributed by atoms with E-state index in [1.54, 1.807) is 4.57 Å². The Morgan fingerprint density at radius 2 is 1.94 bits per heavy atom. The molecule has 2 aromatic heterocycles. The molecule has 3 rings (SSSR count). The van der Waals surface area contributed by atoms with Crippen LogP contribution in [0.5, 0.6) is 0 Å². The summed E-state index contributed by atoms with van der Waals surface area (Å²) >= 11 is 5.22. The highest BCUT2D eigenvalue weighted by Crippen LogP contribution is 2.21. The largest absolute Gasteiger partial charge is 0.425 e. The van der Waals surface area contributed by atoms with E-state index in [2.05, 4.69) is 9.97 Å². The zero-order chi connectivity index (χ0) is 11.8. The molecule has 0 saturated heterocycles. The van der Waals surface area contributed by atoms with Crippen LogP contribution in [0.15, 0.2) is 41.1 Å². The third-order valence-corrected chi connectivity index (χ3v) is 2.83. The molecule has 0 aliphatic carbocycles. The fraction of sp³-hybridized carbons (Fsp3) is 0.0833. The molecule has 3 aromatic rings. The highest BCUT2D eigenvalue weighted by molar-refractivity contribution is 7.71. The second kappa shape index (κ2) is 3.78. The van der Waals surface area contributed by atoms with Gasteiger partial charge in [0.15, 0.2) is 11.2 Å². The van der Waals surface area contributed by atoms with E-state index in [1.165, 1.54) is 6.33 Å². The van der Waals surface area contributed by atoms with Crippen molar-refractivity contribution in [1.82, 2.24) is 14.5 Å². The zero-order valence-electron chi connectivity index (χ0n) is 9.12. The lowest BCUT2D eigenvalue weighted by Gasteiger charge is -2.01. The first-order valence-corrected chi connectivity index (χ1v) is 5.57. The lowest BCUT2D eigenvalue weighted by molar-refractivity contribution is 0.567. The van der Waals surface area contributed by atoms with Crippen LogP contribution in [-0.4, -0.2) is 14.5 Å². The molecule has 0 amide bonds. The fourth-order valence-electron chi connectivity index (χ4n) is 1.75. The van der Waals surface area contributed by atoms with E-state index in [0.717, 1.165) is 11.4 Å². The van der Waals surface area contributed by atoms with Gasteiger partial charge in [0.05, 0.1) is 11.4 Å². The minimum atomic E-state index is 0.384. The molecule has 0 atom stereocenters. The standard InChI is InChI=1S/C12H9N3OS/c1-8-10-11(14-7-13-8)15(12(17)16-10)9-5-3-2-4-6-9/h2-7H,1H3. The molecule has 0 bridgehead atoms. The Bertz CT molecular complexity index is 730. The van der Waals surface area contributed by atoms with Crippen LogP contribution in [0, 0.1) is 11.8 Å². The molecule has 17 heavy (non-hydrogen) atoms. The van der Waals surface area contributed by atoms with Crippen molar-refractivity contribution in [3.05, 3.63) is 47.2 Å². The predicted molar refractivity (Wildman–Crippen MR) is 66.7 cm³/mol. The lowest BCUT2D eigenvalue weighted by Crippen LogP contribution is -1.95. The van der Waals surface area contributed by atoms with Crippen LogP contribution >= 0.6 is 12.2 Å². The van der Waals surface area contributed by atoms with E-state index in [0.29, 0.717) is 16.1 Å². The molecule has 5 heteroatoms. The second-order valence-electron chi connectivity index (χ2n) is 3.65. The Balaban J connectivity index is 2.42. The Hall–Kier alpha value is -2.01. The summed E-state index contributed by atoms with van der Waals surface area (Å²) in [6.07, 6.45) is 1.52. The van der Waals surface area contributed by atoms with Crippen LogP contribution in [0.3, 0.4) is 0 Å². The molecule has 0 aliphatic heterocycles. The maximum Gasteiger partial charge on any atom is 0.275 e. The van der Waals surface area contributed by atoms with E-state index in [1.807, 2.05) is 37.3 Å². The van der Waals surface area contributed by atoms with Crippen LogP contribution < -0.4 is 0 Å². The van der Waals surface area contributed by atoms with Gasteiger partial charge >= 0.3 is 0 Å². The number of nitrogens with zero attached hydrogens (tertiary/aromatic N) is 3. The number of para-hydroxylation sites is 1. The van der Waals surface area contributed by atoms with E-state index in [4.69, 9.17) is 16.6 Å². The number of aromatic nitrogens is 3. The molecule has 0 fully saturated rings. The van der Waals surface area contributed by atoms with Crippen molar-refractivity contribution in [2.45, 2.75) is 6.92 Å². The van der Waals surface area contributed by atoms with Gasteiger partial charge in [-0.15, -0.1) is 0 Å². The van der Waals surface area contributed by atoms with Gasteiger partial charge in [0.2, 0.25) is 0 Å². The molecule has 1 aromatic carbocycles. The van der Waals surface area contributed by atoms with Gasteiger partial charge in [-0.3, -0.25) is 4.57 Å². The van der Waals surface area contributed by atoms with Gasteiger partial charge in [0.1, 0.15) is 6.33 Å². The molecular formula is C12H9N3OS. The number of benzene rings is 1. The zero-order valence-corrected chi connectivity index (χ0v) is 9.94. The topological polar surface area (TPSA) is 43.9 Å². The minimum Gasteiger partial charge on any atom is -0.425 e. The molecule has 84 valence electrons. The third-order valence-electron chi connectivity index (χ3n) is 2.56. The SMILES string of the molecule is Cc1ncnc2c1oc(=S)n2-c1ccccc1. The number of fused-ring (bicyclic) bond motifs is 1. The number of hydrogen-bond donors (Lipinski definition) is 0. The van der Waals surface area contributed by atoms with Crippen molar-refractivity contribution >= 4 is 23.4 Å². The average Bonchev–Trinajstić information content (AvgIpc) is 2.68. The molecule has 0 aliphatic rings. The molecular weight excluding hydrogens is 234 g/mol. The maximum absolute atomic E-state index is 5.54. The first-order valence-electron chi connectivity index (χ1n) is 5.16. The number of hydrogen-bond acceptors (Lipinski definition) is 4. The Morgan fingerprint density at radius 1 is 1.18 bits per heavy atom. The quantitative estimate of drug-likeness (QED) is 0.616. The molecule has 0 radical (unpaired) electrons. The van der Waals surface area contributed by atoms with Crippen molar-refractivity contribution in [3.63, 3.8) is 0 Å². The summed E-state index contributed by atoms with van der Waals surface area (Å²) < 4.78 is 7.34. The summed E-state index contributed by atoms with van der Waals surface area (Å²) in [7, 11) is 0. The minimum absolute atomic E-state index is 0.384. The van der Waals surface area contributed by atoms with Crippen LogP contribution in [0.4, 0.5) is 0 Å². The van der Waals surface area contributed by atoms with Crippen molar-refractivity contribution in [3.8, 4) is 5.69 Å². The van der Waals surface area contributed by atoms with Crippen molar-refractivity contribution in [1.29, 1.82) is 0 Å². The van der Waals surface area contributed by atoms with Crippen LogP contribution in [0.2, 0.25) is 0 Å². The normalized spacial score (nSPS) is 10.9. The van der Waals surface area contributed by atoms with E-state index in [-0.39, 0.29) is 0 Å². The van der Waals surface area contributed by atoms with Crippen LogP contribution in [0.25, 0.3) is 16.9 Å². The number of rotatable bonds is 1. The Morgan fingerprint density at radius 3 is 2.71 bits per heavy atom. The Kier molecular flexibility index (Phi) is 2.26. The molecule has 2 heterocycles. The third kappa shape index (κ3) is 1.55. The lowest BCUT2D eigenvalue weighted by atomic mass is 10.3. The van der Waals surface area contributed by atoms with E-state index < -0.39 is 0 Å². The van der Waals surface area contributed by atoms with E-state index in [9.17, 15) is 0 Å². The fourth-order valence-corrected chi connectivity index (χ4v) is 2.03. The average molecular weight is 243 g/mol. The van der Waals surface area contributed by atoms with E-state index >= 15 is 0 Å². The summed E-state index contributed by atoms with van der Waals surface area (Å²) in [5.41, 5.74) is 3.07. The monoisotopic (exact) mass is 243 g/mol. The smallest absolute Gasteiger partial charge is 0.275 e. The van der Waals surface area contributed by atoms with Gasteiger partial charge in [-0.05, 0) is 31.3 Å². The first-order chi connectivity index (χ1) is 8.27. The van der Waals surface area contributed by atoms with Crippen LogP contribution in [-0.2, 0) is 0 Å². The first kappa shape index (κ1) is 10.2. The maximum atomic E-state index is 5.54. The van der Waals surface area contributed by atoms with Crippen LogP contribution in [0.1, 0.15) is 5.69 Å². The van der Waals surface area contributed by atoms with Gasteiger partial charge in [-0.2, -0.15) is 0 Å². The van der Waals surface area contributed by atoms with Crippen molar-refractivity contribution in [2.75, 3.05) is 0 Å². The van der Waals surface area contributed by atoms with Gasteiger partial charge < -0.3 is 4.42 Å². The molecule has 0 saturated carbocycles.